The Hall–Kier alpha value is -1.59. The minimum absolute atomic E-state index is 0.0913. The van der Waals surface area contributed by atoms with Crippen molar-refractivity contribution in [1.29, 1.82) is 0 Å². The van der Waals surface area contributed by atoms with E-state index in [1.165, 1.54) is 37.7 Å². The highest BCUT2D eigenvalue weighted by molar-refractivity contribution is 5.89. The summed E-state index contributed by atoms with van der Waals surface area (Å²) in [5, 5.41) is 6.18. The van der Waals surface area contributed by atoms with Crippen LogP contribution in [-0.2, 0) is 0 Å². The van der Waals surface area contributed by atoms with Crippen LogP contribution in [0.15, 0.2) is 24.3 Å². The molecule has 0 radical (unpaired) electrons. The van der Waals surface area contributed by atoms with Crippen molar-refractivity contribution in [2.75, 3.05) is 45.1 Å². The van der Waals surface area contributed by atoms with Crippen molar-refractivity contribution in [3.63, 3.8) is 0 Å². The summed E-state index contributed by atoms with van der Waals surface area (Å²) in [6.07, 6.45) is 6.25. The van der Waals surface area contributed by atoms with Gasteiger partial charge in [-0.1, -0.05) is 45.2 Å². The van der Waals surface area contributed by atoms with Crippen LogP contribution in [0, 0.1) is 0 Å². The summed E-state index contributed by atoms with van der Waals surface area (Å²) in [5.41, 5.74) is 2.28. The minimum atomic E-state index is -0.0913. The molecule has 0 aromatic heterocycles. The molecule has 1 aromatic carbocycles. The van der Waals surface area contributed by atoms with E-state index < -0.39 is 0 Å². The first kappa shape index (κ1) is 20.2. The second-order valence-electron chi connectivity index (χ2n) is 8.66. The van der Waals surface area contributed by atoms with Crippen LogP contribution < -0.4 is 10.6 Å². The fourth-order valence-electron chi connectivity index (χ4n) is 4.47. The van der Waals surface area contributed by atoms with E-state index in [4.69, 9.17) is 0 Å². The van der Waals surface area contributed by atoms with Crippen LogP contribution >= 0.6 is 0 Å². The first-order chi connectivity index (χ1) is 13.0. The highest BCUT2D eigenvalue weighted by Gasteiger charge is 2.39. The summed E-state index contributed by atoms with van der Waals surface area (Å²) in [6, 6.07) is 8.07. The van der Waals surface area contributed by atoms with E-state index in [1.54, 1.807) is 0 Å². The minimum Gasteiger partial charge on any atom is -0.336 e. The zero-order valence-electron chi connectivity index (χ0n) is 17.3. The molecule has 0 atom stereocenters. The molecule has 1 aromatic rings. The number of hydrogen-bond donors (Lipinski definition) is 2. The Morgan fingerprint density at radius 2 is 1.67 bits per heavy atom. The van der Waals surface area contributed by atoms with Crippen LogP contribution in [0.25, 0.3) is 0 Å². The first-order valence-corrected chi connectivity index (χ1v) is 10.6. The lowest BCUT2D eigenvalue weighted by atomic mass is 9.79. The van der Waals surface area contributed by atoms with Gasteiger partial charge in [0.25, 0.3) is 0 Å². The van der Waals surface area contributed by atoms with E-state index in [-0.39, 0.29) is 11.6 Å². The number of piperazine rings is 1. The van der Waals surface area contributed by atoms with Crippen molar-refractivity contribution in [3.8, 4) is 0 Å². The number of nitrogens with one attached hydrogen (secondary N) is 2. The third kappa shape index (κ3) is 5.23. The molecule has 2 amide bonds. The number of anilines is 1. The molecular weight excluding hydrogens is 336 g/mol. The maximum Gasteiger partial charge on any atom is 0.319 e. The van der Waals surface area contributed by atoms with Crippen LogP contribution in [0.5, 0.6) is 0 Å². The van der Waals surface area contributed by atoms with Gasteiger partial charge < -0.3 is 15.5 Å². The Balaban J connectivity index is 1.57. The van der Waals surface area contributed by atoms with Crippen LogP contribution in [0.2, 0.25) is 0 Å². The molecule has 3 rings (SSSR count). The van der Waals surface area contributed by atoms with E-state index in [0.29, 0.717) is 5.92 Å². The molecule has 1 aliphatic heterocycles. The van der Waals surface area contributed by atoms with Gasteiger partial charge in [-0.3, -0.25) is 4.90 Å². The summed E-state index contributed by atoms with van der Waals surface area (Å²) >= 11 is 0. The average Bonchev–Trinajstić information content (AvgIpc) is 2.68. The molecule has 1 saturated carbocycles. The SMILES string of the molecule is CC(C)c1ccc(NC(=O)NCC2(N3CCN(C)CC3)CCCCC2)cc1. The molecule has 0 bridgehead atoms. The standard InChI is InChI=1S/C22H36N4O/c1-18(2)19-7-9-20(10-8-19)24-21(27)23-17-22(11-5-4-6-12-22)26-15-13-25(3)14-16-26/h7-10,18H,4-6,11-17H2,1-3H3,(H2,23,24,27). The molecule has 2 N–H and O–H groups in total. The number of rotatable bonds is 5. The number of benzene rings is 1. The lowest BCUT2D eigenvalue weighted by Gasteiger charge is -2.49. The van der Waals surface area contributed by atoms with Crippen molar-refractivity contribution < 1.29 is 4.79 Å². The number of carbonyl (C=O) groups is 1. The van der Waals surface area contributed by atoms with Crippen molar-refractivity contribution in [3.05, 3.63) is 29.8 Å². The lowest BCUT2D eigenvalue weighted by molar-refractivity contribution is 0.0157. The summed E-state index contributed by atoms with van der Waals surface area (Å²) in [5.74, 6) is 0.502. The van der Waals surface area contributed by atoms with Crippen molar-refractivity contribution in [2.45, 2.75) is 57.4 Å². The molecule has 150 valence electrons. The lowest BCUT2D eigenvalue weighted by Crippen LogP contribution is -2.61. The zero-order chi connectivity index (χ0) is 19.3. The van der Waals surface area contributed by atoms with Crippen LogP contribution in [0.4, 0.5) is 10.5 Å². The van der Waals surface area contributed by atoms with Gasteiger partial charge in [0.05, 0.1) is 0 Å². The van der Waals surface area contributed by atoms with Gasteiger partial charge in [-0.05, 0) is 43.5 Å². The van der Waals surface area contributed by atoms with Gasteiger partial charge in [-0.25, -0.2) is 4.79 Å². The number of amides is 2. The number of hydrogen-bond acceptors (Lipinski definition) is 3. The average molecular weight is 373 g/mol. The van der Waals surface area contributed by atoms with Gasteiger partial charge in [0.2, 0.25) is 0 Å². The second kappa shape index (κ2) is 9.07. The Morgan fingerprint density at radius 3 is 2.26 bits per heavy atom. The molecule has 1 saturated heterocycles. The molecule has 1 heterocycles. The third-order valence-electron chi connectivity index (χ3n) is 6.37. The van der Waals surface area contributed by atoms with Crippen LogP contribution in [0.1, 0.15) is 57.4 Å². The maximum atomic E-state index is 12.5. The van der Waals surface area contributed by atoms with Gasteiger partial charge in [-0.2, -0.15) is 0 Å². The Kier molecular flexibility index (Phi) is 6.77. The first-order valence-electron chi connectivity index (χ1n) is 10.6. The molecule has 0 unspecified atom stereocenters. The van der Waals surface area contributed by atoms with Crippen LogP contribution in [-0.4, -0.2) is 61.1 Å². The number of likely N-dealkylation sites (N-methyl/N-ethyl adjacent to an activating group) is 1. The van der Waals surface area contributed by atoms with Gasteiger partial charge in [0.1, 0.15) is 0 Å². The number of carbonyl (C=O) groups excluding carboxylic acids is 1. The van der Waals surface area contributed by atoms with E-state index in [2.05, 4.69) is 53.5 Å². The maximum absolute atomic E-state index is 12.5. The van der Waals surface area contributed by atoms with Crippen molar-refractivity contribution >= 4 is 11.7 Å². The monoisotopic (exact) mass is 372 g/mol. The van der Waals surface area contributed by atoms with Crippen molar-refractivity contribution in [2.24, 2.45) is 0 Å². The molecule has 5 heteroatoms. The summed E-state index contributed by atoms with van der Waals surface area (Å²) in [4.78, 5) is 17.5. The second-order valence-corrected chi connectivity index (χ2v) is 8.66. The Morgan fingerprint density at radius 1 is 1.04 bits per heavy atom. The molecule has 5 nitrogen and oxygen atoms in total. The van der Waals surface area contributed by atoms with E-state index >= 15 is 0 Å². The summed E-state index contributed by atoms with van der Waals surface area (Å²) < 4.78 is 0. The highest BCUT2D eigenvalue weighted by atomic mass is 16.2. The predicted molar refractivity (Wildman–Crippen MR) is 112 cm³/mol. The van der Waals surface area contributed by atoms with Gasteiger partial charge in [-0.15, -0.1) is 0 Å². The predicted octanol–water partition coefficient (Wildman–Crippen LogP) is 3.88. The molecule has 0 spiro atoms. The summed E-state index contributed by atoms with van der Waals surface area (Å²) in [7, 11) is 2.20. The molecule has 2 aliphatic rings. The molecular formula is C22H36N4O. The number of urea groups is 1. The molecule has 1 aliphatic carbocycles. The normalized spacial score (nSPS) is 21.2. The van der Waals surface area contributed by atoms with Gasteiger partial charge >= 0.3 is 6.03 Å². The highest BCUT2D eigenvalue weighted by Crippen LogP contribution is 2.34. The van der Waals surface area contributed by atoms with Gasteiger partial charge in [0.15, 0.2) is 0 Å². The van der Waals surface area contributed by atoms with E-state index in [9.17, 15) is 4.79 Å². The third-order valence-corrected chi connectivity index (χ3v) is 6.37. The fourth-order valence-corrected chi connectivity index (χ4v) is 4.47. The molecule has 27 heavy (non-hydrogen) atoms. The largest absolute Gasteiger partial charge is 0.336 e. The smallest absolute Gasteiger partial charge is 0.319 e. The quantitative estimate of drug-likeness (QED) is 0.824. The van der Waals surface area contributed by atoms with E-state index in [1.807, 2.05) is 12.1 Å². The van der Waals surface area contributed by atoms with E-state index in [0.717, 1.165) is 38.4 Å². The topological polar surface area (TPSA) is 47.6 Å². The van der Waals surface area contributed by atoms with Crippen molar-refractivity contribution in [1.82, 2.24) is 15.1 Å². The van der Waals surface area contributed by atoms with Crippen LogP contribution in [0.3, 0.4) is 0 Å². The Bertz CT molecular complexity index is 599. The summed E-state index contributed by atoms with van der Waals surface area (Å²) in [6.45, 7) is 9.56. The number of nitrogens with zero attached hydrogens (tertiary/aromatic N) is 2. The fraction of sp³-hybridized carbons (Fsp3) is 0.682. The van der Waals surface area contributed by atoms with Gasteiger partial charge in [0, 0.05) is 44.0 Å². The Labute approximate surface area is 164 Å². The zero-order valence-corrected chi connectivity index (χ0v) is 17.3. The molecule has 2 fully saturated rings.